The van der Waals surface area contributed by atoms with Crippen molar-refractivity contribution in [3.8, 4) is 0 Å². The highest BCUT2D eigenvalue weighted by molar-refractivity contribution is 9.09. The van der Waals surface area contributed by atoms with Crippen molar-refractivity contribution in [1.82, 2.24) is 4.90 Å². The minimum atomic E-state index is 0.319. The van der Waals surface area contributed by atoms with Crippen molar-refractivity contribution in [2.75, 3.05) is 18.9 Å². The maximum atomic E-state index is 3.56. The van der Waals surface area contributed by atoms with Gasteiger partial charge in [0.1, 0.15) is 0 Å². The zero-order chi connectivity index (χ0) is 10.7. The third-order valence-electron chi connectivity index (χ3n) is 2.93. The van der Waals surface area contributed by atoms with Gasteiger partial charge in [-0.3, -0.25) is 0 Å². The molecule has 0 aliphatic rings. The average molecular weight is 250 g/mol. The second-order valence-electron chi connectivity index (χ2n) is 5.32. The van der Waals surface area contributed by atoms with Crippen LogP contribution in [0.3, 0.4) is 0 Å². The first-order valence-corrected chi connectivity index (χ1v) is 6.14. The molecule has 0 rings (SSSR count). The molecule has 0 bridgehead atoms. The molecular weight excluding hydrogens is 226 g/mol. The fourth-order valence-electron chi connectivity index (χ4n) is 1.17. The van der Waals surface area contributed by atoms with Crippen molar-refractivity contribution >= 4 is 15.9 Å². The van der Waals surface area contributed by atoms with Gasteiger partial charge in [-0.05, 0) is 32.7 Å². The molecule has 0 saturated heterocycles. The molecule has 0 unspecified atom stereocenters. The number of hydrogen-bond acceptors (Lipinski definition) is 1. The maximum absolute atomic E-state index is 3.56. The van der Waals surface area contributed by atoms with Crippen LogP contribution in [-0.4, -0.2) is 29.4 Å². The summed E-state index contributed by atoms with van der Waals surface area (Å²) < 4.78 is 0. The minimum absolute atomic E-state index is 0.319. The number of nitrogens with zero attached hydrogens (tertiary/aromatic N) is 1. The van der Waals surface area contributed by atoms with Crippen molar-refractivity contribution < 1.29 is 0 Å². The molecule has 0 aromatic rings. The van der Waals surface area contributed by atoms with Gasteiger partial charge < -0.3 is 4.90 Å². The molecule has 0 fully saturated rings. The molecule has 13 heavy (non-hydrogen) atoms. The Hall–Kier alpha value is 0.440. The van der Waals surface area contributed by atoms with E-state index < -0.39 is 0 Å². The molecule has 0 aromatic carbocycles. The quantitative estimate of drug-likeness (QED) is 0.675. The summed E-state index contributed by atoms with van der Waals surface area (Å²) in [6.07, 6.45) is 1.20. The van der Waals surface area contributed by atoms with Gasteiger partial charge in [0.25, 0.3) is 0 Å². The van der Waals surface area contributed by atoms with Gasteiger partial charge in [-0.1, -0.05) is 36.7 Å². The highest BCUT2D eigenvalue weighted by Crippen LogP contribution is 2.24. The Kier molecular flexibility index (Phi) is 4.95. The summed E-state index contributed by atoms with van der Waals surface area (Å²) >= 11 is 3.56. The summed E-state index contributed by atoms with van der Waals surface area (Å²) in [4.78, 5) is 2.45. The van der Waals surface area contributed by atoms with E-state index in [1.165, 1.54) is 6.42 Å². The van der Waals surface area contributed by atoms with E-state index in [4.69, 9.17) is 0 Å². The first-order valence-electron chi connectivity index (χ1n) is 5.02. The second kappa shape index (κ2) is 4.79. The SMILES string of the molecule is CCC(C)(C)N(C)CC(C)(C)CBr. The van der Waals surface area contributed by atoms with Gasteiger partial charge >= 0.3 is 0 Å². The van der Waals surface area contributed by atoms with E-state index in [2.05, 4.69) is 62.5 Å². The molecule has 0 aromatic heterocycles. The third-order valence-corrected chi connectivity index (χ3v) is 4.44. The standard InChI is InChI=1S/C11H24BrN/c1-7-11(4,5)13(6)9-10(2,3)8-12/h7-9H2,1-6H3. The molecule has 0 saturated carbocycles. The molecule has 2 heteroatoms. The fraction of sp³-hybridized carbons (Fsp3) is 1.00. The smallest absolute Gasteiger partial charge is 0.0147 e. The largest absolute Gasteiger partial charge is 0.301 e. The lowest BCUT2D eigenvalue weighted by atomic mass is 9.92. The Labute approximate surface area is 92.0 Å². The lowest BCUT2D eigenvalue weighted by Gasteiger charge is -2.39. The summed E-state index contributed by atoms with van der Waals surface area (Å²) in [6.45, 7) is 12.6. The van der Waals surface area contributed by atoms with Crippen molar-refractivity contribution in [1.29, 1.82) is 0 Å². The van der Waals surface area contributed by atoms with Crippen LogP contribution in [0.4, 0.5) is 0 Å². The normalized spacial score (nSPS) is 13.8. The Balaban J connectivity index is 4.22. The van der Waals surface area contributed by atoms with Crippen LogP contribution in [0.15, 0.2) is 0 Å². The topological polar surface area (TPSA) is 3.24 Å². The molecule has 0 atom stereocenters. The van der Waals surface area contributed by atoms with Crippen molar-refractivity contribution in [3.63, 3.8) is 0 Å². The molecule has 0 aliphatic carbocycles. The molecule has 0 aliphatic heterocycles. The van der Waals surface area contributed by atoms with E-state index in [1.807, 2.05) is 0 Å². The van der Waals surface area contributed by atoms with Crippen LogP contribution in [0, 0.1) is 5.41 Å². The van der Waals surface area contributed by atoms with E-state index in [1.54, 1.807) is 0 Å². The second-order valence-corrected chi connectivity index (χ2v) is 5.88. The van der Waals surface area contributed by atoms with Gasteiger partial charge in [0.15, 0.2) is 0 Å². The van der Waals surface area contributed by atoms with Crippen LogP contribution < -0.4 is 0 Å². The zero-order valence-corrected chi connectivity index (χ0v) is 11.5. The van der Waals surface area contributed by atoms with E-state index in [0.717, 1.165) is 11.9 Å². The number of hydrogen-bond donors (Lipinski definition) is 0. The van der Waals surface area contributed by atoms with Crippen molar-refractivity contribution in [3.05, 3.63) is 0 Å². The maximum Gasteiger partial charge on any atom is 0.0147 e. The van der Waals surface area contributed by atoms with Gasteiger partial charge in [0.05, 0.1) is 0 Å². The lowest BCUT2D eigenvalue weighted by molar-refractivity contribution is 0.108. The van der Waals surface area contributed by atoms with Gasteiger partial charge in [-0.15, -0.1) is 0 Å². The Bertz CT molecular complexity index is 152. The molecular formula is C11H24BrN. The number of halogens is 1. The lowest BCUT2D eigenvalue weighted by Crippen LogP contribution is -2.45. The van der Waals surface area contributed by atoms with E-state index in [0.29, 0.717) is 11.0 Å². The van der Waals surface area contributed by atoms with Crippen molar-refractivity contribution in [2.24, 2.45) is 5.41 Å². The first kappa shape index (κ1) is 13.4. The summed E-state index contributed by atoms with van der Waals surface area (Å²) in [5.74, 6) is 0. The highest BCUT2D eigenvalue weighted by atomic mass is 79.9. The van der Waals surface area contributed by atoms with Crippen LogP contribution in [0.1, 0.15) is 41.0 Å². The third kappa shape index (κ3) is 4.46. The summed E-state index contributed by atoms with van der Waals surface area (Å²) in [7, 11) is 2.22. The Morgan fingerprint density at radius 1 is 1.15 bits per heavy atom. The van der Waals surface area contributed by atoms with Gasteiger partial charge in [0, 0.05) is 17.4 Å². The molecule has 0 amide bonds. The van der Waals surface area contributed by atoms with Crippen LogP contribution in [-0.2, 0) is 0 Å². The van der Waals surface area contributed by atoms with Crippen molar-refractivity contribution in [2.45, 2.75) is 46.6 Å². The van der Waals surface area contributed by atoms with Crippen LogP contribution in [0.25, 0.3) is 0 Å². The van der Waals surface area contributed by atoms with Gasteiger partial charge in [0.2, 0.25) is 0 Å². The zero-order valence-electron chi connectivity index (χ0n) is 9.95. The Morgan fingerprint density at radius 3 is 1.92 bits per heavy atom. The number of alkyl halides is 1. The van der Waals surface area contributed by atoms with Gasteiger partial charge in [-0.25, -0.2) is 0 Å². The molecule has 0 radical (unpaired) electrons. The van der Waals surface area contributed by atoms with E-state index in [-0.39, 0.29) is 0 Å². The molecule has 80 valence electrons. The summed E-state index contributed by atoms with van der Waals surface area (Å²) in [6, 6.07) is 0. The monoisotopic (exact) mass is 249 g/mol. The van der Waals surface area contributed by atoms with Crippen LogP contribution >= 0.6 is 15.9 Å². The van der Waals surface area contributed by atoms with E-state index in [9.17, 15) is 0 Å². The fourth-order valence-corrected chi connectivity index (χ4v) is 1.35. The summed E-state index contributed by atoms with van der Waals surface area (Å²) in [5.41, 5.74) is 0.681. The minimum Gasteiger partial charge on any atom is -0.301 e. The average Bonchev–Trinajstić information content (AvgIpc) is 2.04. The molecule has 1 nitrogen and oxygen atoms in total. The van der Waals surface area contributed by atoms with Crippen LogP contribution in [0.2, 0.25) is 0 Å². The number of rotatable bonds is 5. The first-order chi connectivity index (χ1) is 5.75. The molecule has 0 spiro atoms. The van der Waals surface area contributed by atoms with Gasteiger partial charge in [-0.2, -0.15) is 0 Å². The predicted molar refractivity (Wildman–Crippen MR) is 64.6 cm³/mol. The van der Waals surface area contributed by atoms with Crippen LogP contribution in [0.5, 0.6) is 0 Å². The molecule has 0 N–H and O–H groups in total. The Morgan fingerprint density at radius 2 is 1.62 bits per heavy atom. The predicted octanol–water partition coefficient (Wildman–Crippen LogP) is 3.53. The molecule has 0 heterocycles. The summed E-state index contributed by atoms with van der Waals surface area (Å²) in [5, 5.41) is 1.06. The highest BCUT2D eigenvalue weighted by Gasteiger charge is 2.26. The van der Waals surface area contributed by atoms with E-state index >= 15 is 0 Å².